The van der Waals surface area contributed by atoms with Crippen LogP contribution < -0.4 is 10.6 Å². The molecule has 2 unspecified atom stereocenters. The summed E-state index contributed by atoms with van der Waals surface area (Å²) in [5.74, 6) is -0.432. The summed E-state index contributed by atoms with van der Waals surface area (Å²) in [6.45, 7) is 3.88. The van der Waals surface area contributed by atoms with Crippen molar-refractivity contribution in [3.8, 4) is 0 Å². The topological polar surface area (TPSA) is 37.0 Å². The number of aromatic nitrogens is 1. The number of hydrogen-bond donors (Lipinski definition) is 2. The number of nitrogens with zero attached hydrogens (tertiary/aromatic N) is 1. The molecule has 0 bridgehead atoms. The molecule has 2 aliphatic heterocycles. The predicted octanol–water partition coefficient (Wildman–Crippen LogP) is 2.83. The van der Waals surface area contributed by atoms with Gasteiger partial charge in [-0.05, 0) is 31.6 Å². The molecule has 0 aliphatic carbocycles. The zero-order chi connectivity index (χ0) is 14.8. The number of halogens is 1. The average molecular weight is 283 g/mol. The molecule has 0 radical (unpaired) electrons. The molecule has 2 N–H and O–H groups in total. The van der Waals surface area contributed by atoms with E-state index in [0.29, 0.717) is 17.3 Å². The van der Waals surface area contributed by atoms with Crippen molar-refractivity contribution in [2.45, 2.75) is 25.9 Å². The monoisotopic (exact) mass is 283 g/mol. The molecule has 0 saturated carbocycles. The minimum atomic E-state index is -0.432. The van der Waals surface area contributed by atoms with Gasteiger partial charge in [0.1, 0.15) is 0 Å². The van der Waals surface area contributed by atoms with Gasteiger partial charge in [0, 0.05) is 35.3 Å². The van der Waals surface area contributed by atoms with Crippen LogP contribution in [-0.4, -0.2) is 17.1 Å². The first-order valence-electron chi connectivity index (χ1n) is 7.06. The van der Waals surface area contributed by atoms with Crippen LogP contribution in [0.2, 0.25) is 0 Å². The number of allylic oxidation sites excluding steroid dienone is 2. The third-order valence-corrected chi connectivity index (χ3v) is 3.63. The highest BCUT2D eigenvalue weighted by atomic mass is 19.1. The van der Waals surface area contributed by atoms with Crippen LogP contribution in [0.1, 0.15) is 18.2 Å². The second kappa shape index (κ2) is 5.56. The van der Waals surface area contributed by atoms with Gasteiger partial charge in [0.15, 0.2) is 0 Å². The Bertz CT molecular complexity index is 671. The molecule has 2 aliphatic rings. The molecular formula is C17H18FN3. The minimum Gasteiger partial charge on any atom is -0.385 e. The number of pyridine rings is 1. The maximum atomic E-state index is 13.9. The predicted molar refractivity (Wildman–Crippen MR) is 82.8 cm³/mol. The lowest BCUT2D eigenvalue weighted by Gasteiger charge is -2.23. The summed E-state index contributed by atoms with van der Waals surface area (Å²) in [5.41, 5.74) is 3.16. The molecule has 4 heteroatoms. The first-order valence-corrected chi connectivity index (χ1v) is 7.06. The Hall–Kier alpha value is -2.36. The highest BCUT2D eigenvalue weighted by Gasteiger charge is 2.16. The van der Waals surface area contributed by atoms with Gasteiger partial charge in [-0.15, -0.1) is 0 Å². The lowest BCUT2D eigenvalue weighted by atomic mass is 9.98. The standard InChI is InChI=1S/C17H18FN3/c1-11-3-5-14(10-19-11)16-8-6-13(9-20-16)15-7-4-12(2)21-17(15)18/h3-11,16,19-20H,1-2H3. The van der Waals surface area contributed by atoms with E-state index < -0.39 is 5.95 Å². The van der Waals surface area contributed by atoms with Crippen molar-refractivity contribution in [2.24, 2.45) is 0 Å². The van der Waals surface area contributed by atoms with E-state index in [2.05, 4.69) is 34.7 Å². The first kappa shape index (κ1) is 13.6. The van der Waals surface area contributed by atoms with Crippen LogP contribution in [0, 0.1) is 12.9 Å². The van der Waals surface area contributed by atoms with Gasteiger partial charge in [-0.25, -0.2) is 4.98 Å². The Morgan fingerprint density at radius 3 is 2.57 bits per heavy atom. The molecule has 21 heavy (non-hydrogen) atoms. The van der Waals surface area contributed by atoms with Gasteiger partial charge in [0.25, 0.3) is 0 Å². The summed E-state index contributed by atoms with van der Waals surface area (Å²) in [6.07, 6.45) is 12.0. The Labute approximate surface area is 124 Å². The quantitative estimate of drug-likeness (QED) is 0.820. The van der Waals surface area contributed by atoms with Crippen molar-refractivity contribution < 1.29 is 4.39 Å². The van der Waals surface area contributed by atoms with Crippen LogP contribution >= 0.6 is 0 Å². The molecule has 3 rings (SSSR count). The smallest absolute Gasteiger partial charge is 0.221 e. The van der Waals surface area contributed by atoms with E-state index in [0.717, 1.165) is 11.1 Å². The Morgan fingerprint density at radius 2 is 1.95 bits per heavy atom. The van der Waals surface area contributed by atoms with Crippen molar-refractivity contribution in [1.82, 2.24) is 15.6 Å². The van der Waals surface area contributed by atoms with Crippen molar-refractivity contribution in [3.63, 3.8) is 0 Å². The number of aryl methyl sites for hydroxylation is 1. The summed E-state index contributed by atoms with van der Waals surface area (Å²) in [5, 5.41) is 6.57. The van der Waals surface area contributed by atoms with Crippen LogP contribution in [0.5, 0.6) is 0 Å². The van der Waals surface area contributed by atoms with Crippen LogP contribution in [0.25, 0.3) is 5.57 Å². The third kappa shape index (κ3) is 2.89. The largest absolute Gasteiger partial charge is 0.385 e. The van der Waals surface area contributed by atoms with E-state index in [1.165, 1.54) is 0 Å². The average Bonchev–Trinajstić information content (AvgIpc) is 2.48. The van der Waals surface area contributed by atoms with E-state index in [-0.39, 0.29) is 6.04 Å². The lowest BCUT2D eigenvalue weighted by Crippen LogP contribution is -2.30. The van der Waals surface area contributed by atoms with E-state index >= 15 is 0 Å². The van der Waals surface area contributed by atoms with E-state index in [1.807, 2.05) is 30.6 Å². The molecule has 108 valence electrons. The molecule has 0 aromatic carbocycles. The zero-order valence-electron chi connectivity index (χ0n) is 12.1. The molecule has 0 saturated heterocycles. The SMILES string of the molecule is Cc1ccc(C2=CNC(C3=CNC(C)C=C3)C=C2)c(F)n1. The molecular weight excluding hydrogens is 265 g/mol. The van der Waals surface area contributed by atoms with Crippen LogP contribution in [0.15, 0.2) is 54.4 Å². The van der Waals surface area contributed by atoms with Crippen molar-refractivity contribution >= 4 is 5.57 Å². The van der Waals surface area contributed by atoms with Crippen LogP contribution in [-0.2, 0) is 0 Å². The first-order chi connectivity index (χ1) is 10.1. The highest BCUT2D eigenvalue weighted by molar-refractivity contribution is 5.75. The minimum absolute atomic E-state index is 0.103. The van der Waals surface area contributed by atoms with E-state index in [9.17, 15) is 4.39 Å². The molecule has 0 fully saturated rings. The van der Waals surface area contributed by atoms with Gasteiger partial charge in [-0.2, -0.15) is 4.39 Å². The fourth-order valence-electron chi connectivity index (χ4n) is 2.38. The van der Waals surface area contributed by atoms with Gasteiger partial charge in [-0.3, -0.25) is 0 Å². The fraction of sp³-hybridized carbons (Fsp3) is 0.235. The Kier molecular flexibility index (Phi) is 3.60. The van der Waals surface area contributed by atoms with Gasteiger partial charge >= 0.3 is 0 Å². The van der Waals surface area contributed by atoms with Gasteiger partial charge < -0.3 is 10.6 Å². The van der Waals surface area contributed by atoms with Crippen molar-refractivity contribution in [2.75, 3.05) is 0 Å². The van der Waals surface area contributed by atoms with Gasteiger partial charge in [0.2, 0.25) is 5.95 Å². The highest BCUT2D eigenvalue weighted by Crippen LogP contribution is 2.22. The molecule has 1 aromatic heterocycles. The maximum absolute atomic E-state index is 13.9. The maximum Gasteiger partial charge on any atom is 0.221 e. The second-order valence-electron chi connectivity index (χ2n) is 5.35. The van der Waals surface area contributed by atoms with E-state index in [4.69, 9.17) is 0 Å². The number of hydrogen-bond acceptors (Lipinski definition) is 3. The number of dihydropyridines is 2. The normalized spacial score (nSPS) is 24.0. The van der Waals surface area contributed by atoms with Crippen LogP contribution in [0.3, 0.4) is 0 Å². The van der Waals surface area contributed by atoms with Crippen LogP contribution in [0.4, 0.5) is 4.39 Å². The summed E-state index contributed by atoms with van der Waals surface area (Å²) < 4.78 is 13.9. The third-order valence-electron chi connectivity index (χ3n) is 3.63. The molecule has 3 nitrogen and oxygen atoms in total. The molecule has 0 amide bonds. The van der Waals surface area contributed by atoms with Gasteiger partial charge in [-0.1, -0.05) is 24.3 Å². The van der Waals surface area contributed by atoms with E-state index in [1.54, 1.807) is 13.0 Å². The summed E-state index contributed by atoms with van der Waals surface area (Å²) in [7, 11) is 0. The summed E-state index contributed by atoms with van der Waals surface area (Å²) in [6, 6.07) is 4.04. The van der Waals surface area contributed by atoms with Gasteiger partial charge in [0.05, 0.1) is 6.04 Å². The molecule has 3 heterocycles. The second-order valence-corrected chi connectivity index (χ2v) is 5.35. The fourth-order valence-corrected chi connectivity index (χ4v) is 2.38. The molecule has 0 spiro atoms. The Morgan fingerprint density at radius 1 is 1.10 bits per heavy atom. The number of rotatable bonds is 2. The molecule has 1 aromatic rings. The Balaban J connectivity index is 1.76. The van der Waals surface area contributed by atoms with Crippen molar-refractivity contribution in [1.29, 1.82) is 0 Å². The molecule has 2 atom stereocenters. The summed E-state index contributed by atoms with van der Waals surface area (Å²) in [4.78, 5) is 3.86. The van der Waals surface area contributed by atoms with Crippen molar-refractivity contribution in [3.05, 3.63) is 71.6 Å². The summed E-state index contributed by atoms with van der Waals surface area (Å²) >= 11 is 0. The number of nitrogens with one attached hydrogen (secondary N) is 2. The zero-order valence-corrected chi connectivity index (χ0v) is 12.1. The lowest BCUT2D eigenvalue weighted by molar-refractivity contribution is 0.576.